The van der Waals surface area contributed by atoms with Crippen molar-refractivity contribution in [1.82, 2.24) is 10.6 Å². The van der Waals surface area contributed by atoms with Crippen molar-refractivity contribution in [1.29, 1.82) is 0 Å². The lowest BCUT2D eigenvalue weighted by Crippen LogP contribution is -2.47. The number of rotatable bonds is 7. The van der Waals surface area contributed by atoms with Gasteiger partial charge in [0, 0.05) is 23.4 Å². The molecule has 4 rings (SSSR count). The SMILES string of the molecule is CC(C)(CC(=O)O)NC(=O)[C@@H]1CC[C@H](NC(=O)OCC2c3ccccc3-c3ccccc32)C1. The summed E-state index contributed by atoms with van der Waals surface area (Å²) in [7, 11) is 0. The third-order valence-corrected chi connectivity index (χ3v) is 6.52. The van der Waals surface area contributed by atoms with Gasteiger partial charge in [-0.1, -0.05) is 48.5 Å². The van der Waals surface area contributed by atoms with Crippen LogP contribution < -0.4 is 10.6 Å². The summed E-state index contributed by atoms with van der Waals surface area (Å²) in [5.41, 5.74) is 3.86. The summed E-state index contributed by atoms with van der Waals surface area (Å²) in [5.74, 6) is -1.38. The molecule has 0 unspecified atom stereocenters. The number of carboxylic acid groups (broad SMARTS) is 1. The Morgan fingerprint density at radius 2 is 1.61 bits per heavy atom. The van der Waals surface area contributed by atoms with Gasteiger partial charge in [0.2, 0.25) is 5.91 Å². The van der Waals surface area contributed by atoms with Gasteiger partial charge in [0.25, 0.3) is 0 Å². The van der Waals surface area contributed by atoms with E-state index in [9.17, 15) is 14.4 Å². The van der Waals surface area contributed by atoms with Crippen molar-refractivity contribution in [3.8, 4) is 11.1 Å². The van der Waals surface area contributed by atoms with Gasteiger partial charge in [-0.05, 0) is 55.4 Å². The number of aliphatic carboxylic acids is 1. The van der Waals surface area contributed by atoms with Crippen LogP contribution in [0.15, 0.2) is 48.5 Å². The van der Waals surface area contributed by atoms with Crippen molar-refractivity contribution in [2.75, 3.05) is 6.61 Å². The molecule has 174 valence electrons. The van der Waals surface area contributed by atoms with Crippen molar-refractivity contribution in [2.45, 2.75) is 57.0 Å². The van der Waals surface area contributed by atoms with Crippen LogP contribution in [0.3, 0.4) is 0 Å². The maximum atomic E-state index is 12.6. The van der Waals surface area contributed by atoms with Crippen LogP contribution in [0.2, 0.25) is 0 Å². The number of hydrogen-bond acceptors (Lipinski definition) is 4. The Balaban J connectivity index is 1.29. The fraction of sp³-hybridized carbons (Fsp3) is 0.423. The minimum Gasteiger partial charge on any atom is -0.481 e. The van der Waals surface area contributed by atoms with Crippen LogP contribution >= 0.6 is 0 Å². The summed E-state index contributed by atoms with van der Waals surface area (Å²) < 4.78 is 5.61. The summed E-state index contributed by atoms with van der Waals surface area (Å²) in [5, 5.41) is 14.7. The molecule has 2 aromatic carbocycles. The van der Waals surface area contributed by atoms with Crippen molar-refractivity contribution >= 4 is 18.0 Å². The van der Waals surface area contributed by atoms with Crippen LogP contribution in [0.5, 0.6) is 0 Å². The molecule has 3 N–H and O–H groups in total. The van der Waals surface area contributed by atoms with Gasteiger partial charge in [-0.3, -0.25) is 9.59 Å². The summed E-state index contributed by atoms with van der Waals surface area (Å²) in [6.45, 7) is 3.64. The Hall–Kier alpha value is -3.35. The van der Waals surface area contributed by atoms with Crippen LogP contribution in [0.4, 0.5) is 4.79 Å². The maximum absolute atomic E-state index is 12.6. The molecule has 7 nitrogen and oxygen atoms in total. The maximum Gasteiger partial charge on any atom is 0.407 e. The first kappa shape index (κ1) is 22.8. The normalized spacial score (nSPS) is 19.5. The van der Waals surface area contributed by atoms with Crippen molar-refractivity contribution in [2.24, 2.45) is 5.92 Å². The van der Waals surface area contributed by atoms with E-state index in [1.807, 2.05) is 24.3 Å². The average molecular weight is 451 g/mol. The molecule has 1 fully saturated rings. The summed E-state index contributed by atoms with van der Waals surface area (Å²) in [4.78, 5) is 36.0. The zero-order valence-corrected chi connectivity index (χ0v) is 19.0. The standard InChI is InChI=1S/C26H30N2O5/c1-26(2,14-23(29)30)28-24(31)16-11-12-17(13-16)27-25(32)33-15-22-20-9-5-3-7-18(20)19-8-4-6-10-21(19)22/h3-10,16-17,22H,11-15H2,1-2H3,(H,27,32)(H,28,31)(H,29,30)/t16-,17+/m1/s1. The van der Waals surface area contributed by atoms with Gasteiger partial charge in [-0.15, -0.1) is 0 Å². The van der Waals surface area contributed by atoms with Crippen molar-refractivity contribution in [3.05, 3.63) is 59.7 Å². The number of carbonyl (C=O) groups excluding carboxylic acids is 2. The molecular formula is C26H30N2O5. The van der Waals surface area contributed by atoms with E-state index in [0.717, 1.165) is 11.1 Å². The van der Waals surface area contributed by atoms with Gasteiger partial charge in [-0.2, -0.15) is 0 Å². The molecule has 0 spiro atoms. The van der Waals surface area contributed by atoms with Crippen LogP contribution in [0.25, 0.3) is 11.1 Å². The van der Waals surface area contributed by atoms with Crippen molar-refractivity contribution < 1.29 is 24.2 Å². The molecule has 33 heavy (non-hydrogen) atoms. The van der Waals surface area contributed by atoms with Crippen molar-refractivity contribution in [3.63, 3.8) is 0 Å². The molecule has 2 aliphatic rings. The molecule has 7 heteroatoms. The van der Waals surface area contributed by atoms with Crippen LogP contribution in [-0.2, 0) is 14.3 Å². The zero-order chi connectivity index (χ0) is 23.6. The van der Waals surface area contributed by atoms with Crippen LogP contribution in [0.1, 0.15) is 56.6 Å². The fourth-order valence-corrected chi connectivity index (χ4v) is 5.02. The summed E-state index contributed by atoms with van der Waals surface area (Å²) in [6.07, 6.45) is 1.21. The quantitative estimate of drug-likeness (QED) is 0.590. The molecule has 2 aliphatic carbocycles. The molecule has 2 atom stereocenters. The molecule has 0 heterocycles. The Labute approximate surface area is 193 Å². The van der Waals surface area contributed by atoms with E-state index in [-0.39, 0.29) is 36.8 Å². The van der Waals surface area contributed by atoms with E-state index in [4.69, 9.17) is 9.84 Å². The number of fused-ring (bicyclic) bond motifs is 3. The monoisotopic (exact) mass is 450 g/mol. The minimum absolute atomic E-state index is 0.00159. The molecule has 2 aromatic rings. The minimum atomic E-state index is -0.957. The number of alkyl carbamates (subject to hydrolysis) is 1. The first-order chi connectivity index (χ1) is 15.7. The van der Waals surface area contributed by atoms with E-state index in [0.29, 0.717) is 19.3 Å². The number of carboxylic acids is 1. The predicted octanol–water partition coefficient (Wildman–Crippen LogP) is 4.06. The predicted molar refractivity (Wildman–Crippen MR) is 124 cm³/mol. The lowest BCUT2D eigenvalue weighted by molar-refractivity contribution is -0.139. The summed E-state index contributed by atoms with van der Waals surface area (Å²) >= 11 is 0. The molecule has 1 saturated carbocycles. The summed E-state index contributed by atoms with van der Waals surface area (Å²) in [6, 6.07) is 16.2. The highest BCUT2D eigenvalue weighted by Gasteiger charge is 2.35. The lowest BCUT2D eigenvalue weighted by atomic mass is 9.98. The van der Waals surface area contributed by atoms with Gasteiger partial charge in [0.05, 0.1) is 6.42 Å². The highest BCUT2D eigenvalue weighted by Crippen LogP contribution is 2.44. The molecular weight excluding hydrogens is 420 g/mol. The van der Waals surface area contributed by atoms with Crippen LogP contribution in [-0.4, -0.2) is 41.3 Å². The molecule has 0 aromatic heterocycles. The number of hydrogen-bond donors (Lipinski definition) is 3. The number of carbonyl (C=O) groups is 3. The molecule has 0 aliphatic heterocycles. The number of benzene rings is 2. The van der Waals surface area contributed by atoms with Gasteiger partial charge in [0.1, 0.15) is 6.61 Å². The van der Waals surface area contributed by atoms with Crippen LogP contribution in [0, 0.1) is 5.92 Å². The first-order valence-corrected chi connectivity index (χ1v) is 11.4. The second-order valence-electron chi connectivity index (χ2n) is 9.62. The van der Waals surface area contributed by atoms with Gasteiger partial charge in [-0.25, -0.2) is 4.79 Å². The third kappa shape index (κ3) is 5.18. The number of nitrogens with one attached hydrogen (secondary N) is 2. The topological polar surface area (TPSA) is 105 Å². The number of ether oxygens (including phenoxy) is 1. The van der Waals surface area contributed by atoms with E-state index in [1.54, 1.807) is 13.8 Å². The highest BCUT2D eigenvalue weighted by atomic mass is 16.5. The molecule has 0 saturated heterocycles. The Morgan fingerprint density at radius 3 is 2.21 bits per heavy atom. The van der Waals surface area contributed by atoms with Gasteiger partial charge >= 0.3 is 12.1 Å². The Kier molecular flexibility index (Phi) is 6.40. The third-order valence-electron chi connectivity index (χ3n) is 6.52. The smallest absolute Gasteiger partial charge is 0.407 e. The molecule has 0 radical (unpaired) electrons. The number of amides is 2. The largest absolute Gasteiger partial charge is 0.481 e. The highest BCUT2D eigenvalue weighted by molar-refractivity contribution is 5.81. The second-order valence-corrected chi connectivity index (χ2v) is 9.62. The Bertz CT molecular complexity index is 1020. The Morgan fingerprint density at radius 1 is 1.00 bits per heavy atom. The molecule has 2 amide bonds. The van der Waals surface area contributed by atoms with E-state index < -0.39 is 17.6 Å². The molecule has 0 bridgehead atoms. The fourth-order valence-electron chi connectivity index (χ4n) is 5.02. The first-order valence-electron chi connectivity index (χ1n) is 11.4. The second kappa shape index (κ2) is 9.25. The average Bonchev–Trinajstić information content (AvgIpc) is 3.34. The van der Waals surface area contributed by atoms with E-state index in [2.05, 4.69) is 34.9 Å². The van der Waals surface area contributed by atoms with E-state index in [1.165, 1.54) is 11.1 Å². The van der Waals surface area contributed by atoms with E-state index >= 15 is 0 Å². The van der Waals surface area contributed by atoms with Gasteiger partial charge in [0.15, 0.2) is 0 Å². The van der Waals surface area contributed by atoms with Gasteiger partial charge < -0.3 is 20.5 Å². The zero-order valence-electron chi connectivity index (χ0n) is 19.0. The lowest BCUT2D eigenvalue weighted by Gasteiger charge is -2.26.